The minimum Gasteiger partial charge on any atom is -0.339 e. The molecule has 116 valence electrons. The third kappa shape index (κ3) is 4.83. The van der Waals surface area contributed by atoms with Crippen molar-refractivity contribution in [1.82, 2.24) is 4.90 Å². The van der Waals surface area contributed by atoms with E-state index in [2.05, 4.69) is 20.8 Å². The number of nitrogens with zero attached hydrogens (tertiary/aromatic N) is 1. The average Bonchev–Trinajstić information content (AvgIpc) is 2.86. The SMILES string of the molecule is CC(C)(C)CCC(=O)N1CCC[C@H]1Cc1ccc(F)cc1. The van der Waals surface area contributed by atoms with Crippen LogP contribution in [0, 0.1) is 11.2 Å². The maximum absolute atomic E-state index is 13.0. The van der Waals surface area contributed by atoms with E-state index in [9.17, 15) is 9.18 Å². The summed E-state index contributed by atoms with van der Waals surface area (Å²) in [5.74, 6) is 0.0674. The van der Waals surface area contributed by atoms with Crippen LogP contribution in [0.25, 0.3) is 0 Å². The molecule has 2 rings (SSSR count). The fraction of sp³-hybridized carbons (Fsp3) is 0.611. The lowest BCUT2D eigenvalue weighted by atomic mass is 9.90. The molecule has 3 heteroatoms. The second-order valence-corrected chi connectivity index (χ2v) is 7.27. The highest BCUT2D eigenvalue weighted by Crippen LogP contribution is 2.25. The van der Waals surface area contributed by atoms with Crippen LogP contribution < -0.4 is 0 Å². The molecule has 1 aromatic rings. The number of carbonyl (C=O) groups is 1. The zero-order valence-corrected chi connectivity index (χ0v) is 13.4. The first-order valence-electron chi connectivity index (χ1n) is 7.89. The Bertz CT molecular complexity index is 475. The van der Waals surface area contributed by atoms with Crippen LogP contribution in [-0.2, 0) is 11.2 Å². The van der Waals surface area contributed by atoms with E-state index < -0.39 is 0 Å². The van der Waals surface area contributed by atoms with Gasteiger partial charge in [0.2, 0.25) is 5.91 Å². The molecular formula is C18H26FNO. The van der Waals surface area contributed by atoms with Gasteiger partial charge in [0, 0.05) is 19.0 Å². The van der Waals surface area contributed by atoms with Crippen molar-refractivity contribution in [1.29, 1.82) is 0 Å². The number of amides is 1. The average molecular weight is 291 g/mol. The number of hydrogen-bond donors (Lipinski definition) is 0. The summed E-state index contributed by atoms with van der Waals surface area (Å²) in [7, 11) is 0. The van der Waals surface area contributed by atoms with Gasteiger partial charge < -0.3 is 4.90 Å². The highest BCUT2D eigenvalue weighted by Gasteiger charge is 2.29. The Kier molecular flexibility index (Phi) is 5.02. The smallest absolute Gasteiger partial charge is 0.222 e. The Hall–Kier alpha value is -1.38. The largest absolute Gasteiger partial charge is 0.339 e. The molecule has 0 unspecified atom stereocenters. The quantitative estimate of drug-likeness (QED) is 0.814. The first kappa shape index (κ1) is 16.0. The van der Waals surface area contributed by atoms with E-state index in [0.717, 1.165) is 37.8 Å². The van der Waals surface area contributed by atoms with Gasteiger partial charge in [-0.05, 0) is 48.8 Å². The topological polar surface area (TPSA) is 20.3 Å². The Morgan fingerprint density at radius 2 is 1.95 bits per heavy atom. The van der Waals surface area contributed by atoms with Gasteiger partial charge in [-0.3, -0.25) is 4.79 Å². The van der Waals surface area contributed by atoms with Gasteiger partial charge in [-0.1, -0.05) is 32.9 Å². The van der Waals surface area contributed by atoms with E-state index in [1.54, 1.807) is 0 Å². The van der Waals surface area contributed by atoms with Crippen LogP contribution >= 0.6 is 0 Å². The molecule has 1 saturated heterocycles. The molecule has 1 fully saturated rings. The molecule has 0 aromatic heterocycles. The van der Waals surface area contributed by atoms with Crippen molar-refractivity contribution in [3.63, 3.8) is 0 Å². The number of rotatable bonds is 4. The van der Waals surface area contributed by atoms with Crippen LogP contribution in [0.2, 0.25) is 0 Å². The summed E-state index contributed by atoms with van der Waals surface area (Å²) in [5, 5.41) is 0. The van der Waals surface area contributed by atoms with Crippen molar-refractivity contribution < 1.29 is 9.18 Å². The number of hydrogen-bond acceptors (Lipinski definition) is 1. The molecular weight excluding hydrogens is 265 g/mol. The van der Waals surface area contributed by atoms with Gasteiger partial charge in [0.1, 0.15) is 5.82 Å². The highest BCUT2D eigenvalue weighted by atomic mass is 19.1. The second-order valence-electron chi connectivity index (χ2n) is 7.27. The predicted molar refractivity (Wildman–Crippen MR) is 83.5 cm³/mol. The van der Waals surface area contributed by atoms with Crippen LogP contribution in [0.4, 0.5) is 4.39 Å². The Morgan fingerprint density at radius 1 is 1.29 bits per heavy atom. The van der Waals surface area contributed by atoms with Gasteiger partial charge in [-0.15, -0.1) is 0 Å². The van der Waals surface area contributed by atoms with Gasteiger partial charge in [0.15, 0.2) is 0 Å². The molecule has 1 atom stereocenters. The van der Waals surface area contributed by atoms with Crippen LogP contribution in [0.15, 0.2) is 24.3 Å². The van der Waals surface area contributed by atoms with Gasteiger partial charge in [0.05, 0.1) is 0 Å². The molecule has 0 aliphatic carbocycles. The van der Waals surface area contributed by atoms with Crippen molar-refractivity contribution in [2.45, 2.75) is 58.9 Å². The molecule has 1 aliphatic heterocycles. The van der Waals surface area contributed by atoms with Crippen LogP contribution in [0.3, 0.4) is 0 Å². The van der Waals surface area contributed by atoms with Crippen molar-refractivity contribution in [2.24, 2.45) is 5.41 Å². The van der Waals surface area contributed by atoms with Crippen molar-refractivity contribution in [3.05, 3.63) is 35.6 Å². The maximum Gasteiger partial charge on any atom is 0.222 e. The van der Waals surface area contributed by atoms with Gasteiger partial charge in [-0.2, -0.15) is 0 Å². The van der Waals surface area contributed by atoms with Gasteiger partial charge >= 0.3 is 0 Å². The molecule has 2 nitrogen and oxygen atoms in total. The third-order valence-electron chi connectivity index (χ3n) is 4.17. The Labute approximate surface area is 127 Å². The van der Waals surface area contributed by atoms with E-state index in [0.29, 0.717) is 6.42 Å². The lowest BCUT2D eigenvalue weighted by Crippen LogP contribution is -2.37. The molecule has 1 aliphatic rings. The zero-order valence-electron chi connectivity index (χ0n) is 13.4. The van der Waals surface area contributed by atoms with Crippen molar-refractivity contribution in [3.8, 4) is 0 Å². The minimum absolute atomic E-state index is 0.196. The Balaban J connectivity index is 1.93. The summed E-state index contributed by atoms with van der Waals surface area (Å²) < 4.78 is 13.0. The summed E-state index contributed by atoms with van der Waals surface area (Å²) >= 11 is 0. The Morgan fingerprint density at radius 3 is 2.57 bits per heavy atom. The third-order valence-corrected chi connectivity index (χ3v) is 4.17. The summed E-state index contributed by atoms with van der Waals surface area (Å²) in [6.07, 6.45) is 4.52. The molecule has 1 heterocycles. The molecule has 0 bridgehead atoms. The van der Waals surface area contributed by atoms with E-state index in [4.69, 9.17) is 0 Å². The number of benzene rings is 1. The first-order chi connectivity index (χ1) is 9.85. The van der Waals surface area contributed by atoms with Gasteiger partial charge in [0.25, 0.3) is 0 Å². The van der Waals surface area contributed by atoms with Crippen molar-refractivity contribution in [2.75, 3.05) is 6.54 Å². The lowest BCUT2D eigenvalue weighted by molar-refractivity contribution is -0.132. The highest BCUT2D eigenvalue weighted by molar-refractivity contribution is 5.76. The second kappa shape index (κ2) is 6.59. The number of likely N-dealkylation sites (tertiary alicyclic amines) is 1. The van der Waals surface area contributed by atoms with Crippen molar-refractivity contribution >= 4 is 5.91 Å². The normalized spacial score (nSPS) is 19.0. The first-order valence-corrected chi connectivity index (χ1v) is 7.89. The van der Waals surface area contributed by atoms with Crippen LogP contribution in [-0.4, -0.2) is 23.4 Å². The molecule has 0 spiro atoms. The van der Waals surface area contributed by atoms with E-state index in [-0.39, 0.29) is 23.2 Å². The van der Waals surface area contributed by atoms with Crippen LogP contribution in [0.5, 0.6) is 0 Å². The van der Waals surface area contributed by atoms with Gasteiger partial charge in [-0.25, -0.2) is 4.39 Å². The summed E-state index contributed by atoms with van der Waals surface area (Å²) in [6.45, 7) is 7.37. The molecule has 1 amide bonds. The summed E-state index contributed by atoms with van der Waals surface area (Å²) in [4.78, 5) is 14.4. The molecule has 21 heavy (non-hydrogen) atoms. The number of carbonyl (C=O) groups excluding carboxylic acids is 1. The fourth-order valence-corrected chi connectivity index (χ4v) is 2.89. The van der Waals surface area contributed by atoms with E-state index >= 15 is 0 Å². The monoisotopic (exact) mass is 291 g/mol. The molecule has 0 radical (unpaired) electrons. The standard InChI is InChI=1S/C18H26FNO/c1-18(2,3)11-10-17(21)20-12-4-5-16(20)13-14-6-8-15(19)9-7-14/h6-9,16H,4-5,10-13H2,1-3H3/t16-/m0/s1. The zero-order chi connectivity index (χ0) is 15.5. The minimum atomic E-state index is -0.205. The van der Waals surface area contributed by atoms with E-state index in [1.807, 2.05) is 17.0 Å². The predicted octanol–water partition coefficient (Wildman–Crippen LogP) is 4.19. The maximum atomic E-state index is 13.0. The summed E-state index contributed by atoms with van der Waals surface area (Å²) in [5.41, 5.74) is 1.30. The number of halogens is 1. The summed E-state index contributed by atoms with van der Waals surface area (Å²) in [6, 6.07) is 6.92. The lowest BCUT2D eigenvalue weighted by Gasteiger charge is -2.26. The molecule has 1 aromatic carbocycles. The molecule has 0 saturated carbocycles. The fourth-order valence-electron chi connectivity index (χ4n) is 2.89. The van der Waals surface area contributed by atoms with E-state index in [1.165, 1.54) is 12.1 Å². The molecule has 0 N–H and O–H groups in total. The van der Waals surface area contributed by atoms with Crippen LogP contribution in [0.1, 0.15) is 52.0 Å².